The van der Waals surface area contributed by atoms with Crippen LogP contribution < -0.4 is 0 Å². The zero-order valence-electron chi connectivity index (χ0n) is 11.2. The molecule has 0 aromatic heterocycles. The Hall–Kier alpha value is -2.35. The molecule has 0 aliphatic heterocycles. The first-order valence-corrected chi connectivity index (χ1v) is 5.49. The van der Waals surface area contributed by atoms with E-state index in [1.165, 1.54) is 13.8 Å². The van der Waals surface area contributed by atoms with Crippen molar-refractivity contribution < 1.29 is 38.7 Å². The number of carbonyl (C=O) groups is 3. The third-order valence-corrected chi connectivity index (χ3v) is 1.75. The van der Waals surface area contributed by atoms with Crippen LogP contribution in [0, 0.1) is 0 Å². The maximum Gasteiger partial charge on any atom is 0.508 e. The first-order valence-electron chi connectivity index (χ1n) is 5.49. The normalized spacial score (nSPS) is 11.1. The van der Waals surface area contributed by atoms with Crippen molar-refractivity contribution in [2.45, 2.75) is 26.6 Å². The molecule has 0 amide bonds. The predicted molar refractivity (Wildman–Crippen MR) is 65.3 cm³/mol. The molecule has 8 nitrogen and oxygen atoms in total. The van der Waals surface area contributed by atoms with E-state index in [0.29, 0.717) is 0 Å². The van der Waals surface area contributed by atoms with E-state index in [4.69, 9.17) is 9.84 Å². The average molecular weight is 288 g/mol. The molecule has 20 heavy (non-hydrogen) atoms. The summed E-state index contributed by atoms with van der Waals surface area (Å²) in [5, 5.41) is 8.47. The van der Waals surface area contributed by atoms with Gasteiger partial charge in [-0.1, -0.05) is 13.2 Å². The van der Waals surface area contributed by atoms with Crippen molar-refractivity contribution in [2.75, 3.05) is 6.61 Å². The number of rotatable bonds is 8. The highest BCUT2D eigenvalue weighted by molar-refractivity contribution is 5.87. The first kappa shape index (κ1) is 17.6. The summed E-state index contributed by atoms with van der Waals surface area (Å²) >= 11 is 0. The van der Waals surface area contributed by atoms with Crippen LogP contribution in [-0.2, 0) is 28.8 Å². The number of hydrogen-bond acceptors (Lipinski definition) is 7. The number of ether oxygens (including phenoxy) is 2. The van der Waals surface area contributed by atoms with Crippen molar-refractivity contribution in [3.8, 4) is 0 Å². The molecule has 0 spiro atoms. The molecule has 0 bridgehead atoms. The standard InChI is InChI=1S/C12H16O8/c1-7(2)10(13)17-6-5-9(18-12(15)16)19-20-11(14)8(3)4/h9H,1,3,5-6H2,2,4H3,(H,15,16). The summed E-state index contributed by atoms with van der Waals surface area (Å²) in [6.07, 6.45) is -3.21. The second-order valence-corrected chi connectivity index (χ2v) is 3.77. The van der Waals surface area contributed by atoms with E-state index < -0.39 is 24.4 Å². The Labute approximate surface area is 115 Å². The van der Waals surface area contributed by atoms with Crippen LogP contribution in [0.4, 0.5) is 4.79 Å². The number of esters is 1. The molecule has 0 radical (unpaired) electrons. The van der Waals surface area contributed by atoms with Crippen LogP contribution in [0.15, 0.2) is 24.3 Å². The Morgan fingerprint density at radius 1 is 1.10 bits per heavy atom. The van der Waals surface area contributed by atoms with Crippen molar-refractivity contribution in [2.24, 2.45) is 0 Å². The minimum absolute atomic E-state index is 0.0628. The summed E-state index contributed by atoms with van der Waals surface area (Å²) in [6, 6.07) is 0. The largest absolute Gasteiger partial charge is 0.508 e. The van der Waals surface area contributed by atoms with Crippen LogP contribution in [0.2, 0.25) is 0 Å². The van der Waals surface area contributed by atoms with Gasteiger partial charge in [-0.25, -0.2) is 14.4 Å². The molecule has 112 valence electrons. The highest BCUT2D eigenvalue weighted by Crippen LogP contribution is 2.06. The molecule has 8 heteroatoms. The van der Waals surface area contributed by atoms with Gasteiger partial charge in [0.1, 0.15) is 0 Å². The highest BCUT2D eigenvalue weighted by atomic mass is 17.2. The lowest BCUT2D eigenvalue weighted by molar-refractivity contribution is -0.341. The van der Waals surface area contributed by atoms with Crippen molar-refractivity contribution in [3.05, 3.63) is 24.3 Å². The molecular formula is C12H16O8. The predicted octanol–water partition coefficient (Wildman–Crippen LogP) is 1.57. The van der Waals surface area contributed by atoms with E-state index >= 15 is 0 Å². The van der Waals surface area contributed by atoms with Gasteiger partial charge in [0.25, 0.3) is 6.29 Å². The highest BCUT2D eigenvalue weighted by Gasteiger charge is 2.19. The molecule has 1 unspecified atom stereocenters. The molecule has 0 saturated heterocycles. The minimum Gasteiger partial charge on any atom is -0.462 e. The Morgan fingerprint density at radius 3 is 2.10 bits per heavy atom. The van der Waals surface area contributed by atoms with Gasteiger partial charge in [0, 0.05) is 17.6 Å². The summed E-state index contributed by atoms with van der Waals surface area (Å²) in [6.45, 7) is 9.32. The van der Waals surface area contributed by atoms with Crippen molar-refractivity contribution in [1.29, 1.82) is 0 Å². The van der Waals surface area contributed by atoms with Gasteiger partial charge in [-0.3, -0.25) is 4.89 Å². The Morgan fingerprint density at radius 2 is 1.65 bits per heavy atom. The number of carbonyl (C=O) groups excluding carboxylic acids is 2. The minimum atomic E-state index is -1.63. The van der Waals surface area contributed by atoms with E-state index in [1.807, 2.05) is 0 Å². The van der Waals surface area contributed by atoms with E-state index in [1.54, 1.807) is 0 Å². The van der Waals surface area contributed by atoms with Gasteiger partial charge in [0.05, 0.1) is 6.61 Å². The molecule has 0 rings (SSSR count). The quantitative estimate of drug-likeness (QED) is 0.236. The van der Waals surface area contributed by atoms with Crippen LogP contribution >= 0.6 is 0 Å². The second-order valence-electron chi connectivity index (χ2n) is 3.77. The van der Waals surface area contributed by atoms with Gasteiger partial charge in [0.2, 0.25) is 0 Å². The molecule has 0 aliphatic rings. The monoisotopic (exact) mass is 288 g/mol. The fourth-order valence-electron chi connectivity index (χ4n) is 0.779. The summed E-state index contributed by atoms with van der Waals surface area (Å²) in [5.41, 5.74) is 0.253. The maximum absolute atomic E-state index is 11.1. The van der Waals surface area contributed by atoms with Crippen molar-refractivity contribution in [3.63, 3.8) is 0 Å². The summed E-state index contributed by atoms with van der Waals surface area (Å²) in [4.78, 5) is 41.3. The number of carboxylic acid groups (broad SMARTS) is 1. The molecular weight excluding hydrogens is 272 g/mol. The molecule has 0 aromatic carbocycles. The fourth-order valence-corrected chi connectivity index (χ4v) is 0.779. The summed E-state index contributed by atoms with van der Waals surface area (Å²) in [7, 11) is 0. The van der Waals surface area contributed by atoms with Crippen LogP contribution in [0.25, 0.3) is 0 Å². The maximum atomic E-state index is 11.1. The summed E-state index contributed by atoms with van der Waals surface area (Å²) in [5.74, 6) is -1.51. The van der Waals surface area contributed by atoms with Gasteiger partial charge in [0.15, 0.2) is 0 Å². The average Bonchev–Trinajstić information content (AvgIpc) is 2.33. The molecule has 0 aliphatic carbocycles. The molecule has 0 heterocycles. The Kier molecular flexibility index (Phi) is 7.68. The van der Waals surface area contributed by atoms with Crippen LogP contribution in [0.5, 0.6) is 0 Å². The molecule has 1 atom stereocenters. The van der Waals surface area contributed by atoms with Gasteiger partial charge >= 0.3 is 18.1 Å². The second kappa shape index (κ2) is 8.70. The van der Waals surface area contributed by atoms with E-state index in [9.17, 15) is 14.4 Å². The zero-order chi connectivity index (χ0) is 15.7. The van der Waals surface area contributed by atoms with Gasteiger partial charge in [-0.05, 0) is 13.8 Å². The van der Waals surface area contributed by atoms with Crippen LogP contribution in [-0.4, -0.2) is 36.1 Å². The van der Waals surface area contributed by atoms with Gasteiger partial charge < -0.3 is 14.6 Å². The smallest absolute Gasteiger partial charge is 0.462 e. The van der Waals surface area contributed by atoms with E-state index in [0.717, 1.165) is 0 Å². The number of hydrogen-bond donors (Lipinski definition) is 1. The summed E-state index contributed by atoms with van der Waals surface area (Å²) < 4.78 is 9.02. The Balaban J connectivity index is 4.24. The van der Waals surface area contributed by atoms with Crippen LogP contribution in [0.1, 0.15) is 20.3 Å². The lowest BCUT2D eigenvalue weighted by Crippen LogP contribution is -2.25. The molecule has 0 fully saturated rings. The fraction of sp³-hybridized carbons (Fsp3) is 0.417. The van der Waals surface area contributed by atoms with Crippen molar-refractivity contribution >= 4 is 18.1 Å². The molecule has 1 N–H and O–H groups in total. The molecule has 0 aromatic rings. The van der Waals surface area contributed by atoms with Crippen LogP contribution in [0.3, 0.4) is 0 Å². The van der Waals surface area contributed by atoms with Gasteiger partial charge in [-0.15, -0.1) is 4.89 Å². The van der Waals surface area contributed by atoms with Crippen molar-refractivity contribution in [1.82, 2.24) is 0 Å². The first-order chi connectivity index (χ1) is 9.23. The topological polar surface area (TPSA) is 108 Å². The SMILES string of the molecule is C=C(C)C(=O)OCCC(OOC(=O)C(=C)C)OC(=O)O. The van der Waals surface area contributed by atoms with E-state index in [-0.39, 0.29) is 24.2 Å². The Bertz CT molecular complexity index is 412. The van der Waals surface area contributed by atoms with E-state index in [2.05, 4.69) is 27.7 Å². The lowest BCUT2D eigenvalue weighted by Gasteiger charge is -2.14. The zero-order valence-corrected chi connectivity index (χ0v) is 11.2. The molecule has 0 saturated carbocycles. The third kappa shape index (κ3) is 7.88. The van der Waals surface area contributed by atoms with Gasteiger partial charge in [-0.2, -0.15) is 0 Å². The lowest BCUT2D eigenvalue weighted by atomic mass is 10.3. The third-order valence-electron chi connectivity index (χ3n) is 1.75.